The van der Waals surface area contributed by atoms with Gasteiger partial charge in [-0.15, -0.1) is 0 Å². The van der Waals surface area contributed by atoms with Crippen LogP contribution in [0.5, 0.6) is 0 Å². The average molecular weight is 209 g/mol. The minimum absolute atomic E-state index is 0.207. The van der Waals surface area contributed by atoms with Crippen LogP contribution in [-0.4, -0.2) is 11.7 Å². The first kappa shape index (κ1) is 11.4. The summed E-state index contributed by atoms with van der Waals surface area (Å²) >= 11 is 0. The number of carbonyl (C=O) groups is 2. The molecule has 1 N–H and O–H groups in total. The number of anilines is 1. The van der Waals surface area contributed by atoms with Gasteiger partial charge in [0, 0.05) is 12.0 Å². The maximum atomic E-state index is 12.9. The molecule has 15 heavy (non-hydrogen) atoms. The minimum Gasteiger partial charge on any atom is -0.325 e. The van der Waals surface area contributed by atoms with Crippen molar-refractivity contribution in [2.24, 2.45) is 0 Å². The van der Waals surface area contributed by atoms with Gasteiger partial charge in [-0.25, -0.2) is 4.39 Å². The van der Waals surface area contributed by atoms with E-state index in [0.29, 0.717) is 5.56 Å². The Labute approximate surface area is 87.3 Å². The molecule has 80 valence electrons. The smallest absolute Gasteiger partial charge is 0.224 e. The number of Topliss-reactive ketones (excluding diaryl/α,β-unsaturated/α-hetero) is 1. The van der Waals surface area contributed by atoms with E-state index in [2.05, 4.69) is 5.32 Å². The van der Waals surface area contributed by atoms with E-state index in [1.807, 2.05) is 0 Å². The summed E-state index contributed by atoms with van der Waals surface area (Å²) in [5.74, 6) is -0.934. The number of halogens is 1. The van der Waals surface area contributed by atoms with Crippen LogP contribution in [0.15, 0.2) is 18.2 Å². The van der Waals surface area contributed by atoms with Gasteiger partial charge < -0.3 is 5.32 Å². The van der Waals surface area contributed by atoms with E-state index in [4.69, 9.17) is 0 Å². The predicted molar refractivity (Wildman–Crippen MR) is 55.3 cm³/mol. The van der Waals surface area contributed by atoms with Crippen molar-refractivity contribution in [2.75, 3.05) is 5.32 Å². The van der Waals surface area contributed by atoms with Crippen molar-refractivity contribution in [3.05, 3.63) is 29.6 Å². The Hall–Kier alpha value is -1.71. The monoisotopic (exact) mass is 209 g/mol. The van der Waals surface area contributed by atoms with Crippen LogP contribution in [0.3, 0.4) is 0 Å². The highest BCUT2D eigenvalue weighted by Gasteiger charge is 2.10. The maximum absolute atomic E-state index is 12.9. The molecule has 1 aromatic rings. The summed E-state index contributed by atoms with van der Waals surface area (Å²) in [6.07, 6.45) is 0.286. The number of rotatable bonds is 3. The number of ketones is 1. The zero-order valence-corrected chi connectivity index (χ0v) is 8.63. The van der Waals surface area contributed by atoms with Crippen LogP contribution >= 0.6 is 0 Å². The second kappa shape index (κ2) is 4.68. The van der Waals surface area contributed by atoms with Crippen molar-refractivity contribution < 1.29 is 14.0 Å². The summed E-state index contributed by atoms with van der Waals surface area (Å²) < 4.78 is 12.9. The van der Waals surface area contributed by atoms with E-state index >= 15 is 0 Å². The fraction of sp³-hybridized carbons (Fsp3) is 0.273. The molecule has 0 heterocycles. The molecule has 1 rings (SSSR count). The Morgan fingerprint density at radius 3 is 2.60 bits per heavy atom. The standard InChI is InChI=1S/C11H12FNO2/c1-3-11(15)13-10-6-8(12)4-5-9(10)7(2)14/h4-6H,3H2,1-2H3,(H,13,15). The second-order valence-electron chi connectivity index (χ2n) is 3.15. The summed E-state index contributed by atoms with van der Waals surface area (Å²) in [6.45, 7) is 3.05. The van der Waals surface area contributed by atoms with E-state index in [1.165, 1.54) is 19.1 Å². The van der Waals surface area contributed by atoms with Gasteiger partial charge in [-0.1, -0.05) is 6.92 Å². The highest BCUT2D eigenvalue weighted by atomic mass is 19.1. The van der Waals surface area contributed by atoms with Gasteiger partial charge in [-0.3, -0.25) is 9.59 Å². The van der Waals surface area contributed by atoms with Crippen molar-refractivity contribution in [3.63, 3.8) is 0 Å². The average Bonchev–Trinajstić information content (AvgIpc) is 2.17. The lowest BCUT2D eigenvalue weighted by atomic mass is 10.1. The van der Waals surface area contributed by atoms with Crippen LogP contribution in [0.2, 0.25) is 0 Å². The quantitative estimate of drug-likeness (QED) is 0.777. The highest BCUT2D eigenvalue weighted by molar-refractivity contribution is 6.03. The van der Waals surface area contributed by atoms with Gasteiger partial charge in [0.1, 0.15) is 5.82 Å². The molecule has 1 amide bonds. The normalized spacial score (nSPS) is 9.80. The minimum atomic E-state index is -0.480. The van der Waals surface area contributed by atoms with Gasteiger partial charge in [0.05, 0.1) is 5.69 Å². The fourth-order valence-corrected chi connectivity index (χ4v) is 1.17. The first-order valence-electron chi connectivity index (χ1n) is 4.65. The lowest BCUT2D eigenvalue weighted by molar-refractivity contribution is -0.115. The number of benzene rings is 1. The lowest BCUT2D eigenvalue weighted by Crippen LogP contribution is -2.12. The first-order chi connectivity index (χ1) is 7.04. The van der Waals surface area contributed by atoms with E-state index in [9.17, 15) is 14.0 Å². The Kier molecular flexibility index (Phi) is 3.55. The third kappa shape index (κ3) is 2.87. The zero-order chi connectivity index (χ0) is 11.4. The molecular formula is C11H12FNO2. The predicted octanol–water partition coefficient (Wildman–Crippen LogP) is 2.38. The molecule has 0 saturated heterocycles. The molecule has 0 atom stereocenters. The number of carbonyl (C=O) groups excluding carboxylic acids is 2. The van der Waals surface area contributed by atoms with Crippen LogP contribution in [0, 0.1) is 5.82 Å². The SMILES string of the molecule is CCC(=O)Nc1cc(F)ccc1C(C)=O. The molecule has 0 radical (unpaired) electrons. The molecule has 0 saturated carbocycles. The van der Waals surface area contributed by atoms with Gasteiger partial charge in [0.25, 0.3) is 0 Å². The summed E-state index contributed by atoms with van der Waals surface area (Å²) in [7, 11) is 0. The van der Waals surface area contributed by atoms with Gasteiger partial charge in [-0.2, -0.15) is 0 Å². The van der Waals surface area contributed by atoms with Crippen molar-refractivity contribution in [3.8, 4) is 0 Å². The van der Waals surface area contributed by atoms with E-state index < -0.39 is 5.82 Å². The van der Waals surface area contributed by atoms with Crippen LogP contribution < -0.4 is 5.32 Å². The Balaban J connectivity index is 3.07. The number of nitrogens with one attached hydrogen (secondary N) is 1. The molecular weight excluding hydrogens is 197 g/mol. The van der Waals surface area contributed by atoms with Crippen LogP contribution in [-0.2, 0) is 4.79 Å². The number of hydrogen-bond donors (Lipinski definition) is 1. The largest absolute Gasteiger partial charge is 0.325 e. The molecule has 0 aliphatic heterocycles. The van der Waals surface area contributed by atoms with Crippen molar-refractivity contribution in [1.82, 2.24) is 0 Å². The molecule has 3 nitrogen and oxygen atoms in total. The van der Waals surface area contributed by atoms with Crippen molar-refractivity contribution in [2.45, 2.75) is 20.3 Å². The molecule has 4 heteroatoms. The third-order valence-electron chi connectivity index (χ3n) is 1.96. The van der Waals surface area contributed by atoms with Gasteiger partial charge in [-0.05, 0) is 25.1 Å². The van der Waals surface area contributed by atoms with Crippen molar-refractivity contribution >= 4 is 17.4 Å². The first-order valence-corrected chi connectivity index (χ1v) is 4.65. The molecule has 0 unspecified atom stereocenters. The van der Waals surface area contributed by atoms with E-state index in [1.54, 1.807) is 6.92 Å². The van der Waals surface area contributed by atoms with Crippen molar-refractivity contribution in [1.29, 1.82) is 0 Å². The Morgan fingerprint density at radius 2 is 2.07 bits per heavy atom. The van der Waals surface area contributed by atoms with E-state index in [-0.39, 0.29) is 23.8 Å². The summed E-state index contributed by atoms with van der Waals surface area (Å²) in [5, 5.41) is 2.48. The Morgan fingerprint density at radius 1 is 1.40 bits per heavy atom. The lowest BCUT2D eigenvalue weighted by Gasteiger charge is -2.08. The zero-order valence-electron chi connectivity index (χ0n) is 8.63. The summed E-state index contributed by atoms with van der Waals surface area (Å²) in [5.41, 5.74) is 0.549. The molecule has 0 aliphatic carbocycles. The van der Waals surface area contributed by atoms with Crippen LogP contribution in [0.25, 0.3) is 0 Å². The molecule has 0 bridgehead atoms. The van der Waals surface area contributed by atoms with Gasteiger partial charge in [0.15, 0.2) is 5.78 Å². The van der Waals surface area contributed by atoms with Gasteiger partial charge in [0.2, 0.25) is 5.91 Å². The summed E-state index contributed by atoms with van der Waals surface area (Å²) in [4.78, 5) is 22.3. The van der Waals surface area contributed by atoms with Gasteiger partial charge >= 0.3 is 0 Å². The fourth-order valence-electron chi connectivity index (χ4n) is 1.17. The number of amides is 1. The molecule has 0 fully saturated rings. The molecule has 1 aromatic carbocycles. The molecule has 0 aromatic heterocycles. The maximum Gasteiger partial charge on any atom is 0.224 e. The molecule has 0 aliphatic rings. The number of hydrogen-bond acceptors (Lipinski definition) is 2. The topological polar surface area (TPSA) is 46.2 Å². The molecule has 0 spiro atoms. The highest BCUT2D eigenvalue weighted by Crippen LogP contribution is 2.17. The second-order valence-corrected chi connectivity index (χ2v) is 3.15. The van der Waals surface area contributed by atoms with E-state index in [0.717, 1.165) is 6.07 Å². The third-order valence-corrected chi connectivity index (χ3v) is 1.96. The van der Waals surface area contributed by atoms with Crippen LogP contribution in [0.1, 0.15) is 30.6 Å². The van der Waals surface area contributed by atoms with Crippen LogP contribution in [0.4, 0.5) is 10.1 Å². The Bertz CT molecular complexity index is 402. The summed E-state index contributed by atoms with van der Waals surface area (Å²) in [6, 6.07) is 3.70.